The monoisotopic (exact) mass is 567 g/mol. The lowest BCUT2D eigenvalue weighted by molar-refractivity contribution is -0.136. The quantitative estimate of drug-likeness (QED) is 0.406. The number of imide groups is 1. The Morgan fingerprint density at radius 3 is 2.44 bits per heavy atom. The first-order valence-corrected chi connectivity index (χ1v) is 14.1. The summed E-state index contributed by atoms with van der Waals surface area (Å²) in [5, 5.41) is 2.33. The van der Waals surface area contributed by atoms with Crippen molar-refractivity contribution in [2.24, 2.45) is 18.7 Å². The second kappa shape index (κ2) is 11.9. The highest BCUT2D eigenvalue weighted by molar-refractivity contribution is 6.00. The van der Waals surface area contributed by atoms with Crippen LogP contribution in [0.4, 0.5) is 8.78 Å². The van der Waals surface area contributed by atoms with E-state index in [1.54, 1.807) is 16.5 Å². The number of halogens is 2. The molecule has 2 unspecified atom stereocenters. The number of hydrogen-bond acceptors (Lipinski definition) is 5. The van der Waals surface area contributed by atoms with Crippen molar-refractivity contribution >= 4 is 28.8 Å². The minimum Gasteiger partial charge on any atom is -0.341 e. The number of carbonyl (C=O) groups is 3. The van der Waals surface area contributed by atoms with Crippen LogP contribution in [0.3, 0.4) is 0 Å². The highest BCUT2D eigenvalue weighted by atomic mass is 19.2. The van der Waals surface area contributed by atoms with Crippen LogP contribution in [0, 0.1) is 17.6 Å². The molecule has 0 aliphatic carbocycles. The van der Waals surface area contributed by atoms with Crippen LogP contribution in [0.5, 0.6) is 0 Å². The van der Waals surface area contributed by atoms with Gasteiger partial charge >= 0.3 is 5.69 Å². The maximum Gasteiger partial charge on any atom is 0.329 e. The molecule has 41 heavy (non-hydrogen) atoms. The van der Waals surface area contributed by atoms with E-state index < -0.39 is 29.6 Å². The summed E-state index contributed by atoms with van der Waals surface area (Å²) in [6.07, 6.45) is 5.23. The van der Waals surface area contributed by atoms with E-state index in [9.17, 15) is 28.0 Å². The molecule has 1 aromatic heterocycles. The van der Waals surface area contributed by atoms with Crippen LogP contribution in [-0.2, 0) is 34.3 Å². The molecule has 0 spiro atoms. The summed E-state index contributed by atoms with van der Waals surface area (Å²) in [6.45, 7) is 1.24. The van der Waals surface area contributed by atoms with E-state index in [-0.39, 0.29) is 30.3 Å². The highest BCUT2D eigenvalue weighted by Crippen LogP contribution is 2.26. The molecule has 0 saturated carbocycles. The number of hydrogen-bond donors (Lipinski definition) is 2. The van der Waals surface area contributed by atoms with Crippen LogP contribution < -0.4 is 16.7 Å². The van der Waals surface area contributed by atoms with Crippen molar-refractivity contribution in [3.8, 4) is 0 Å². The Bertz CT molecular complexity index is 1540. The molecule has 218 valence electrons. The molecule has 0 bridgehead atoms. The SMILES string of the molecule is Cn1c(=O)n(C2CCC(=O)NC2=O)c2ccc(CCCC3CCN(C(=O)C(N)Cc4ccc(F)c(F)c4)CC3)cc21. The van der Waals surface area contributed by atoms with Gasteiger partial charge in [0.1, 0.15) is 6.04 Å². The van der Waals surface area contributed by atoms with Crippen molar-refractivity contribution < 1.29 is 23.2 Å². The van der Waals surface area contributed by atoms with Crippen LogP contribution in [-0.4, -0.2) is 50.9 Å². The first-order chi connectivity index (χ1) is 19.6. The summed E-state index contributed by atoms with van der Waals surface area (Å²) in [5.74, 6) is -2.32. The molecule has 2 aliphatic heterocycles. The molecule has 2 aliphatic rings. The average Bonchev–Trinajstić information content (AvgIpc) is 3.20. The van der Waals surface area contributed by atoms with Gasteiger partial charge in [0.2, 0.25) is 17.7 Å². The van der Waals surface area contributed by atoms with Gasteiger partial charge in [0, 0.05) is 26.6 Å². The Balaban J connectivity index is 1.12. The second-order valence-corrected chi connectivity index (χ2v) is 11.2. The molecular formula is C30H35F2N5O4. The van der Waals surface area contributed by atoms with Gasteiger partial charge in [-0.2, -0.15) is 0 Å². The molecule has 3 aromatic rings. The summed E-state index contributed by atoms with van der Waals surface area (Å²) in [7, 11) is 1.69. The van der Waals surface area contributed by atoms with E-state index in [2.05, 4.69) is 5.32 Å². The zero-order valence-electron chi connectivity index (χ0n) is 23.1. The number of rotatable bonds is 8. The maximum absolute atomic E-state index is 13.5. The smallest absolute Gasteiger partial charge is 0.329 e. The zero-order chi connectivity index (χ0) is 29.3. The van der Waals surface area contributed by atoms with Crippen LogP contribution in [0.15, 0.2) is 41.2 Å². The summed E-state index contributed by atoms with van der Waals surface area (Å²) in [5.41, 5.74) is 8.84. The van der Waals surface area contributed by atoms with Crippen LogP contribution in [0.1, 0.15) is 55.7 Å². The highest BCUT2D eigenvalue weighted by Gasteiger charge is 2.31. The van der Waals surface area contributed by atoms with Crippen molar-refractivity contribution in [3.05, 3.63) is 69.6 Å². The molecule has 11 heteroatoms. The predicted molar refractivity (Wildman–Crippen MR) is 149 cm³/mol. The van der Waals surface area contributed by atoms with Gasteiger partial charge < -0.3 is 10.6 Å². The molecule has 2 saturated heterocycles. The largest absolute Gasteiger partial charge is 0.341 e. The third kappa shape index (κ3) is 6.09. The Morgan fingerprint density at radius 1 is 1.00 bits per heavy atom. The number of nitrogens with one attached hydrogen (secondary N) is 1. The van der Waals surface area contributed by atoms with Gasteiger partial charge in [-0.15, -0.1) is 0 Å². The molecule has 0 radical (unpaired) electrons. The van der Waals surface area contributed by atoms with Gasteiger partial charge in [-0.25, -0.2) is 13.6 Å². The molecule has 2 fully saturated rings. The first kappa shape index (κ1) is 28.7. The third-order valence-electron chi connectivity index (χ3n) is 8.44. The zero-order valence-corrected chi connectivity index (χ0v) is 23.1. The first-order valence-electron chi connectivity index (χ1n) is 14.1. The Labute approximate surface area is 236 Å². The van der Waals surface area contributed by atoms with Gasteiger partial charge in [-0.3, -0.25) is 28.8 Å². The summed E-state index contributed by atoms with van der Waals surface area (Å²) >= 11 is 0. The fourth-order valence-electron chi connectivity index (χ4n) is 6.07. The fourth-order valence-corrected chi connectivity index (χ4v) is 6.07. The Hall–Kier alpha value is -3.86. The molecule has 3 amide bonds. The van der Waals surface area contributed by atoms with Gasteiger partial charge in [0.25, 0.3) is 0 Å². The molecule has 3 heterocycles. The molecule has 2 aromatic carbocycles. The van der Waals surface area contributed by atoms with E-state index in [0.29, 0.717) is 36.5 Å². The Kier molecular flexibility index (Phi) is 8.35. The van der Waals surface area contributed by atoms with Crippen molar-refractivity contribution in [3.63, 3.8) is 0 Å². The van der Waals surface area contributed by atoms with Gasteiger partial charge in [-0.05, 0) is 86.3 Å². The van der Waals surface area contributed by atoms with Crippen molar-refractivity contribution in [2.75, 3.05) is 13.1 Å². The lowest BCUT2D eigenvalue weighted by atomic mass is 9.90. The molecule has 5 rings (SSSR count). The number of fused-ring (bicyclic) bond motifs is 1. The third-order valence-corrected chi connectivity index (χ3v) is 8.44. The maximum atomic E-state index is 13.5. The summed E-state index contributed by atoms with van der Waals surface area (Å²) < 4.78 is 29.7. The van der Waals surface area contributed by atoms with Crippen molar-refractivity contribution in [1.29, 1.82) is 0 Å². The summed E-state index contributed by atoms with van der Waals surface area (Å²) in [4.78, 5) is 51.5. The van der Waals surface area contributed by atoms with Crippen LogP contribution >= 0.6 is 0 Å². The van der Waals surface area contributed by atoms with Gasteiger partial charge in [-0.1, -0.05) is 12.1 Å². The van der Waals surface area contributed by atoms with E-state index in [0.717, 1.165) is 55.3 Å². The number of benzene rings is 2. The van der Waals surface area contributed by atoms with Gasteiger partial charge in [0.15, 0.2) is 11.6 Å². The standard InChI is InChI=1S/C30H35F2N5O4/c1-35-26-17-19(6-8-24(26)37(30(35)41)25-9-10-27(38)34-28(25)39)4-2-3-18-11-13-36(14-12-18)29(40)23(33)16-20-5-7-21(31)22(32)15-20/h5-8,15,17-18,23,25H,2-4,9-14,16,33H2,1H3,(H,34,38,39). The minimum atomic E-state index is -0.947. The Morgan fingerprint density at radius 2 is 1.73 bits per heavy atom. The number of likely N-dealkylation sites (tertiary alicyclic amines) is 1. The lowest BCUT2D eigenvalue weighted by Gasteiger charge is -2.33. The van der Waals surface area contributed by atoms with Crippen LogP contribution in [0.25, 0.3) is 11.0 Å². The number of aryl methyl sites for hydroxylation is 2. The molecule has 2 atom stereocenters. The number of nitrogens with two attached hydrogens (primary N) is 1. The number of carbonyl (C=O) groups excluding carboxylic acids is 3. The van der Waals surface area contributed by atoms with Crippen molar-refractivity contribution in [1.82, 2.24) is 19.4 Å². The van der Waals surface area contributed by atoms with E-state index in [4.69, 9.17) is 5.73 Å². The molecule has 3 N–H and O–H groups in total. The fraction of sp³-hybridized carbons (Fsp3) is 0.467. The summed E-state index contributed by atoms with van der Waals surface area (Å²) in [6, 6.07) is 7.94. The molecular weight excluding hydrogens is 532 g/mol. The molecule has 9 nitrogen and oxygen atoms in total. The predicted octanol–water partition coefficient (Wildman–Crippen LogP) is 2.73. The number of aromatic nitrogens is 2. The van der Waals surface area contributed by atoms with E-state index >= 15 is 0 Å². The lowest BCUT2D eigenvalue weighted by Crippen LogP contribution is -2.48. The van der Waals surface area contributed by atoms with E-state index in [1.165, 1.54) is 10.6 Å². The second-order valence-electron chi connectivity index (χ2n) is 11.2. The van der Waals surface area contributed by atoms with Gasteiger partial charge in [0.05, 0.1) is 17.1 Å². The van der Waals surface area contributed by atoms with Crippen molar-refractivity contribution in [2.45, 2.75) is 63.5 Å². The number of amides is 3. The number of imidazole rings is 1. The average molecular weight is 568 g/mol. The minimum absolute atomic E-state index is 0.156. The number of nitrogens with zero attached hydrogens (tertiary/aromatic N) is 3. The topological polar surface area (TPSA) is 119 Å². The van der Waals surface area contributed by atoms with E-state index in [1.807, 2.05) is 18.2 Å². The number of piperidine rings is 2. The van der Waals surface area contributed by atoms with Crippen LogP contribution in [0.2, 0.25) is 0 Å². The normalized spacial score (nSPS) is 19.0.